The number of rotatable bonds is 2. The Morgan fingerprint density at radius 1 is 1.31 bits per heavy atom. The summed E-state index contributed by atoms with van der Waals surface area (Å²) in [5.41, 5.74) is 3.85. The average Bonchev–Trinajstić information content (AvgIpc) is 2.15. The van der Waals surface area contributed by atoms with E-state index in [9.17, 15) is 18.0 Å². The van der Waals surface area contributed by atoms with Crippen molar-refractivity contribution in [2.75, 3.05) is 5.73 Å². The molecular formula is C11H12F3NO. The molecule has 1 aromatic carbocycles. The van der Waals surface area contributed by atoms with Crippen LogP contribution in [0.3, 0.4) is 0 Å². The van der Waals surface area contributed by atoms with Crippen LogP contribution < -0.4 is 5.73 Å². The van der Waals surface area contributed by atoms with Crippen molar-refractivity contribution in [1.82, 2.24) is 0 Å². The molecule has 0 bridgehead atoms. The minimum absolute atomic E-state index is 0.0650. The summed E-state index contributed by atoms with van der Waals surface area (Å²) in [4.78, 5) is 11.6. The molecule has 0 saturated carbocycles. The van der Waals surface area contributed by atoms with Crippen molar-refractivity contribution in [2.45, 2.75) is 20.0 Å². The van der Waals surface area contributed by atoms with Gasteiger partial charge in [0.1, 0.15) is 0 Å². The van der Waals surface area contributed by atoms with Crippen molar-refractivity contribution in [1.29, 1.82) is 0 Å². The number of halogens is 3. The fourth-order valence-electron chi connectivity index (χ4n) is 1.34. The Kier molecular flexibility index (Phi) is 3.26. The summed E-state index contributed by atoms with van der Waals surface area (Å²) in [6.07, 6.45) is -4.53. The van der Waals surface area contributed by atoms with Crippen molar-refractivity contribution in [3.63, 3.8) is 0 Å². The number of hydrogen-bond acceptors (Lipinski definition) is 2. The molecule has 0 heterocycles. The Balaban J connectivity index is 3.30. The van der Waals surface area contributed by atoms with Gasteiger partial charge in [-0.2, -0.15) is 13.2 Å². The van der Waals surface area contributed by atoms with Crippen molar-refractivity contribution >= 4 is 11.5 Å². The lowest BCUT2D eigenvalue weighted by atomic mass is 9.97. The third-order valence-corrected chi connectivity index (χ3v) is 2.20. The zero-order valence-corrected chi connectivity index (χ0v) is 8.93. The zero-order chi connectivity index (χ0) is 12.5. The van der Waals surface area contributed by atoms with Crippen molar-refractivity contribution in [3.05, 3.63) is 29.3 Å². The van der Waals surface area contributed by atoms with Gasteiger partial charge in [0.2, 0.25) is 0 Å². The van der Waals surface area contributed by atoms with Crippen LogP contribution in [0.5, 0.6) is 0 Å². The van der Waals surface area contributed by atoms with E-state index in [4.69, 9.17) is 5.73 Å². The predicted octanol–water partition coefficient (Wildman–Crippen LogP) is 3.13. The molecule has 0 fully saturated rings. The lowest BCUT2D eigenvalue weighted by Gasteiger charge is -2.13. The van der Waals surface area contributed by atoms with E-state index in [1.807, 2.05) is 0 Å². The number of carbonyl (C=O) groups excluding carboxylic acids is 1. The molecule has 0 amide bonds. The normalized spacial score (nSPS) is 11.9. The third-order valence-electron chi connectivity index (χ3n) is 2.20. The second-order valence-electron chi connectivity index (χ2n) is 3.78. The molecule has 0 spiro atoms. The molecule has 0 aromatic heterocycles. The van der Waals surface area contributed by atoms with Crippen LogP contribution in [-0.4, -0.2) is 5.78 Å². The number of hydrogen-bond donors (Lipinski definition) is 1. The quantitative estimate of drug-likeness (QED) is 0.627. The number of anilines is 1. The molecule has 16 heavy (non-hydrogen) atoms. The number of ketones is 1. The molecule has 0 aliphatic rings. The smallest absolute Gasteiger partial charge is 0.398 e. The molecule has 0 aliphatic carbocycles. The van der Waals surface area contributed by atoms with Crippen molar-refractivity contribution in [3.8, 4) is 0 Å². The van der Waals surface area contributed by atoms with E-state index < -0.39 is 17.4 Å². The zero-order valence-electron chi connectivity index (χ0n) is 8.93. The van der Waals surface area contributed by atoms with Gasteiger partial charge in [0.15, 0.2) is 5.78 Å². The van der Waals surface area contributed by atoms with Crippen LogP contribution in [0.4, 0.5) is 18.9 Å². The first kappa shape index (κ1) is 12.5. The van der Waals surface area contributed by atoms with Gasteiger partial charge in [-0.1, -0.05) is 19.9 Å². The van der Waals surface area contributed by atoms with Gasteiger partial charge in [0, 0.05) is 11.5 Å². The number of nitrogens with two attached hydrogens (primary N) is 1. The summed E-state index contributed by atoms with van der Waals surface area (Å²) in [7, 11) is 0. The van der Waals surface area contributed by atoms with Gasteiger partial charge >= 0.3 is 6.18 Å². The first-order chi connectivity index (χ1) is 7.25. The third kappa shape index (κ3) is 2.35. The minimum Gasteiger partial charge on any atom is -0.398 e. The predicted molar refractivity (Wildman–Crippen MR) is 55.0 cm³/mol. The van der Waals surface area contributed by atoms with Crippen LogP contribution in [0.25, 0.3) is 0 Å². The maximum absolute atomic E-state index is 12.5. The topological polar surface area (TPSA) is 43.1 Å². The van der Waals surface area contributed by atoms with Gasteiger partial charge in [0.05, 0.1) is 11.3 Å². The molecule has 0 radical (unpaired) electrons. The molecule has 0 atom stereocenters. The summed E-state index contributed by atoms with van der Waals surface area (Å²) < 4.78 is 37.5. The largest absolute Gasteiger partial charge is 0.418 e. The van der Waals surface area contributed by atoms with E-state index in [2.05, 4.69) is 0 Å². The van der Waals surface area contributed by atoms with Crippen LogP contribution >= 0.6 is 0 Å². The minimum atomic E-state index is -4.53. The van der Waals surface area contributed by atoms with Crippen LogP contribution in [0.15, 0.2) is 18.2 Å². The molecule has 5 heteroatoms. The number of carbonyl (C=O) groups is 1. The Morgan fingerprint density at radius 3 is 2.31 bits per heavy atom. The second-order valence-corrected chi connectivity index (χ2v) is 3.78. The number of alkyl halides is 3. The molecule has 88 valence electrons. The number of benzene rings is 1. The van der Waals surface area contributed by atoms with E-state index in [1.54, 1.807) is 13.8 Å². The monoisotopic (exact) mass is 231 g/mol. The molecule has 1 rings (SSSR count). The van der Waals surface area contributed by atoms with Gasteiger partial charge < -0.3 is 5.73 Å². The number of nitrogen functional groups attached to an aromatic ring is 1. The molecule has 0 aliphatic heterocycles. The molecule has 0 unspecified atom stereocenters. The summed E-state index contributed by atoms with van der Waals surface area (Å²) in [5, 5.41) is 0. The molecule has 1 aromatic rings. The van der Waals surface area contributed by atoms with Crippen LogP contribution in [0, 0.1) is 5.92 Å². The Morgan fingerprint density at radius 2 is 1.88 bits per heavy atom. The number of Topliss-reactive ketones (excluding diaryl/α,β-unsaturated/α-hetero) is 1. The van der Waals surface area contributed by atoms with Gasteiger partial charge in [0.25, 0.3) is 0 Å². The van der Waals surface area contributed by atoms with Gasteiger partial charge in [-0.25, -0.2) is 0 Å². The van der Waals surface area contributed by atoms with Crippen LogP contribution in [0.1, 0.15) is 29.8 Å². The molecule has 2 nitrogen and oxygen atoms in total. The van der Waals surface area contributed by atoms with E-state index in [0.29, 0.717) is 0 Å². The standard InChI is InChI=1S/C11H12F3NO/c1-6(2)10(16)7-4-3-5-8(9(7)15)11(12,13)14/h3-6H,15H2,1-2H3. The average molecular weight is 231 g/mol. The van der Waals surface area contributed by atoms with Crippen LogP contribution in [-0.2, 0) is 6.18 Å². The summed E-state index contributed by atoms with van der Waals surface area (Å²) in [5.74, 6) is -0.769. The maximum Gasteiger partial charge on any atom is 0.418 e. The first-order valence-electron chi connectivity index (χ1n) is 4.75. The molecular weight excluding hydrogens is 219 g/mol. The SMILES string of the molecule is CC(C)C(=O)c1cccc(C(F)(F)F)c1N. The van der Waals surface area contributed by atoms with Gasteiger partial charge in [-0.3, -0.25) is 4.79 Å². The summed E-state index contributed by atoms with van der Waals surface area (Å²) in [6, 6.07) is 3.37. The van der Waals surface area contributed by atoms with E-state index in [-0.39, 0.29) is 17.3 Å². The molecule has 2 N–H and O–H groups in total. The Bertz CT molecular complexity index is 410. The van der Waals surface area contributed by atoms with E-state index in [0.717, 1.165) is 6.07 Å². The highest BCUT2D eigenvalue weighted by Gasteiger charge is 2.34. The van der Waals surface area contributed by atoms with Gasteiger partial charge in [-0.05, 0) is 12.1 Å². The van der Waals surface area contributed by atoms with Crippen molar-refractivity contribution < 1.29 is 18.0 Å². The van der Waals surface area contributed by atoms with Crippen molar-refractivity contribution in [2.24, 2.45) is 5.92 Å². The number of para-hydroxylation sites is 1. The van der Waals surface area contributed by atoms with Gasteiger partial charge in [-0.15, -0.1) is 0 Å². The highest BCUT2D eigenvalue weighted by Crippen LogP contribution is 2.35. The lowest BCUT2D eigenvalue weighted by molar-refractivity contribution is -0.136. The van der Waals surface area contributed by atoms with E-state index in [1.165, 1.54) is 12.1 Å². The Labute approximate surface area is 91.3 Å². The Hall–Kier alpha value is -1.52. The fourth-order valence-corrected chi connectivity index (χ4v) is 1.34. The maximum atomic E-state index is 12.5. The highest BCUT2D eigenvalue weighted by atomic mass is 19.4. The fraction of sp³-hybridized carbons (Fsp3) is 0.364. The van der Waals surface area contributed by atoms with E-state index >= 15 is 0 Å². The highest BCUT2D eigenvalue weighted by molar-refractivity contribution is 6.02. The lowest BCUT2D eigenvalue weighted by Crippen LogP contribution is -2.15. The first-order valence-corrected chi connectivity index (χ1v) is 4.75. The second kappa shape index (κ2) is 4.15. The molecule has 0 saturated heterocycles. The summed E-state index contributed by atoms with van der Waals surface area (Å²) in [6.45, 7) is 3.23. The van der Waals surface area contributed by atoms with Crippen LogP contribution in [0.2, 0.25) is 0 Å². The summed E-state index contributed by atoms with van der Waals surface area (Å²) >= 11 is 0.